The van der Waals surface area contributed by atoms with Crippen molar-refractivity contribution in [1.82, 2.24) is 4.90 Å². The zero-order chi connectivity index (χ0) is 15.3. The Kier molecular flexibility index (Phi) is 5.77. The Morgan fingerprint density at radius 1 is 1.35 bits per heavy atom. The molecule has 0 unspecified atom stereocenters. The molecule has 1 amide bonds. The maximum atomic E-state index is 13.8. The van der Waals surface area contributed by atoms with E-state index in [-0.39, 0.29) is 31.3 Å². The number of carbonyl (C=O) groups excluding carboxylic acids is 2. The van der Waals surface area contributed by atoms with Crippen LogP contribution in [-0.4, -0.2) is 48.9 Å². The minimum Gasteiger partial charge on any atom is -0.469 e. The van der Waals surface area contributed by atoms with Gasteiger partial charge in [0.15, 0.2) is 0 Å². The number of esters is 1. The van der Waals surface area contributed by atoms with E-state index in [9.17, 15) is 14.0 Å². The number of amides is 1. The van der Waals surface area contributed by atoms with Crippen LogP contribution in [0.5, 0.6) is 0 Å². The summed E-state index contributed by atoms with van der Waals surface area (Å²) in [4.78, 5) is 24.6. The molecule has 0 saturated carbocycles. The van der Waals surface area contributed by atoms with Gasteiger partial charge in [0.05, 0.1) is 7.11 Å². The molecule has 0 aromatic heterocycles. The Labute approximate surface area is 119 Å². The third-order valence-electron chi connectivity index (χ3n) is 3.24. The Hall–Kier alpha value is -1.33. The second-order valence-corrected chi connectivity index (χ2v) is 6.11. The fraction of sp³-hybridized carbons (Fsp3) is 0.857. The van der Waals surface area contributed by atoms with Gasteiger partial charge in [0, 0.05) is 25.4 Å². The lowest BCUT2D eigenvalue weighted by Crippen LogP contribution is -2.46. The van der Waals surface area contributed by atoms with Crippen LogP contribution in [0.4, 0.5) is 9.18 Å². The van der Waals surface area contributed by atoms with E-state index in [1.165, 1.54) is 12.0 Å². The molecular formula is C14H24FNO4. The highest BCUT2D eigenvalue weighted by Gasteiger charge is 2.33. The van der Waals surface area contributed by atoms with Crippen LogP contribution in [0, 0.1) is 5.92 Å². The van der Waals surface area contributed by atoms with Gasteiger partial charge in [0.25, 0.3) is 0 Å². The van der Waals surface area contributed by atoms with E-state index < -0.39 is 17.9 Å². The number of hydrogen-bond acceptors (Lipinski definition) is 4. The van der Waals surface area contributed by atoms with Gasteiger partial charge in [-0.15, -0.1) is 0 Å². The van der Waals surface area contributed by atoms with Gasteiger partial charge in [-0.05, 0) is 33.6 Å². The first-order valence-electron chi connectivity index (χ1n) is 6.91. The third kappa shape index (κ3) is 5.35. The SMILES string of the molecule is COC(=O)CC[C@H]1CN(C(=O)OC(C)(C)C)CC[C@H]1F. The van der Waals surface area contributed by atoms with E-state index in [1.54, 1.807) is 20.8 Å². The number of piperidine rings is 1. The Balaban J connectivity index is 2.52. The lowest BCUT2D eigenvalue weighted by Gasteiger charge is -2.35. The lowest BCUT2D eigenvalue weighted by atomic mass is 9.92. The van der Waals surface area contributed by atoms with Crippen LogP contribution in [0.1, 0.15) is 40.0 Å². The van der Waals surface area contributed by atoms with E-state index in [2.05, 4.69) is 4.74 Å². The highest BCUT2D eigenvalue weighted by molar-refractivity contribution is 5.69. The predicted molar refractivity (Wildman–Crippen MR) is 72.1 cm³/mol. The number of likely N-dealkylation sites (tertiary alicyclic amines) is 1. The minimum absolute atomic E-state index is 0.170. The van der Waals surface area contributed by atoms with Crippen molar-refractivity contribution in [2.75, 3.05) is 20.2 Å². The summed E-state index contributed by atoms with van der Waals surface area (Å²) in [5.74, 6) is -0.693. The van der Waals surface area contributed by atoms with Crippen molar-refractivity contribution in [1.29, 1.82) is 0 Å². The highest BCUT2D eigenvalue weighted by Crippen LogP contribution is 2.25. The summed E-state index contributed by atoms with van der Waals surface area (Å²) < 4.78 is 23.7. The van der Waals surface area contributed by atoms with E-state index >= 15 is 0 Å². The molecule has 6 heteroatoms. The van der Waals surface area contributed by atoms with Crippen LogP contribution in [0.15, 0.2) is 0 Å². The number of alkyl halides is 1. The van der Waals surface area contributed by atoms with Gasteiger partial charge in [0.2, 0.25) is 0 Å². The summed E-state index contributed by atoms with van der Waals surface area (Å²) in [6, 6.07) is 0. The standard InChI is InChI=1S/C14H24FNO4/c1-14(2,3)20-13(18)16-8-7-11(15)10(9-16)5-6-12(17)19-4/h10-11H,5-9H2,1-4H3/t10-,11+/m0/s1. The maximum absolute atomic E-state index is 13.8. The summed E-state index contributed by atoms with van der Waals surface area (Å²) in [7, 11) is 1.31. The average Bonchev–Trinajstić information content (AvgIpc) is 2.35. The van der Waals surface area contributed by atoms with Crippen LogP contribution < -0.4 is 0 Å². The summed E-state index contributed by atoms with van der Waals surface area (Å²) in [6.45, 7) is 6.02. The molecule has 20 heavy (non-hydrogen) atoms. The summed E-state index contributed by atoms with van der Waals surface area (Å²) in [5.41, 5.74) is -0.564. The molecule has 0 aromatic rings. The number of hydrogen-bond donors (Lipinski definition) is 0. The molecule has 1 saturated heterocycles. The number of carbonyl (C=O) groups is 2. The van der Waals surface area contributed by atoms with Crippen molar-refractivity contribution in [2.45, 2.75) is 51.8 Å². The average molecular weight is 289 g/mol. The number of rotatable bonds is 3. The summed E-state index contributed by atoms with van der Waals surface area (Å²) in [5, 5.41) is 0. The van der Waals surface area contributed by atoms with E-state index in [1.807, 2.05) is 0 Å². The fourth-order valence-electron chi connectivity index (χ4n) is 2.17. The number of methoxy groups -OCH3 is 1. The van der Waals surface area contributed by atoms with E-state index in [4.69, 9.17) is 4.74 Å². The second-order valence-electron chi connectivity index (χ2n) is 6.11. The fourth-order valence-corrected chi connectivity index (χ4v) is 2.17. The van der Waals surface area contributed by atoms with Gasteiger partial charge in [-0.25, -0.2) is 9.18 Å². The number of halogens is 1. The largest absolute Gasteiger partial charge is 0.469 e. The topological polar surface area (TPSA) is 55.8 Å². The van der Waals surface area contributed by atoms with Crippen LogP contribution in [-0.2, 0) is 14.3 Å². The quantitative estimate of drug-likeness (QED) is 0.749. The molecule has 0 aromatic carbocycles. The summed E-state index contributed by atoms with van der Waals surface area (Å²) >= 11 is 0. The van der Waals surface area contributed by atoms with Crippen LogP contribution >= 0.6 is 0 Å². The van der Waals surface area contributed by atoms with Gasteiger partial charge in [0.1, 0.15) is 11.8 Å². The molecule has 1 rings (SSSR count). The van der Waals surface area contributed by atoms with Crippen molar-refractivity contribution in [2.24, 2.45) is 5.92 Å². The van der Waals surface area contributed by atoms with E-state index in [0.29, 0.717) is 13.0 Å². The molecule has 116 valence electrons. The molecule has 5 nitrogen and oxygen atoms in total. The van der Waals surface area contributed by atoms with Crippen molar-refractivity contribution < 1.29 is 23.5 Å². The normalized spacial score (nSPS) is 23.4. The van der Waals surface area contributed by atoms with Crippen LogP contribution in [0.2, 0.25) is 0 Å². The monoisotopic (exact) mass is 289 g/mol. The predicted octanol–water partition coefficient (Wildman–Crippen LogP) is 2.53. The van der Waals surface area contributed by atoms with Crippen molar-refractivity contribution >= 4 is 12.1 Å². The number of nitrogens with zero attached hydrogens (tertiary/aromatic N) is 1. The first-order chi connectivity index (χ1) is 9.23. The van der Waals surface area contributed by atoms with Gasteiger partial charge in [-0.2, -0.15) is 0 Å². The molecule has 1 heterocycles. The molecule has 0 aliphatic carbocycles. The van der Waals surface area contributed by atoms with Gasteiger partial charge >= 0.3 is 12.1 Å². The Morgan fingerprint density at radius 3 is 2.55 bits per heavy atom. The molecular weight excluding hydrogens is 265 g/mol. The minimum atomic E-state index is -0.988. The molecule has 1 aliphatic heterocycles. The van der Waals surface area contributed by atoms with E-state index in [0.717, 1.165) is 0 Å². The highest BCUT2D eigenvalue weighted by atomic mass is 19.1. The van der Waals surface area contributed by atoms with Crippen molar-refractivity contribution in [3.63, 3.8) is 0 Å². The molecule has 0 radical (unpaired) electrons. The number of ether oxygens (including phenoxy) is 2. The van der Waals surface area contributed by atoms with Crippen LogP contribution in [0.25, 0.3) is 0 Å². The Morgan fingerprint density at radius 2 is 2.00 bits per heavy atom. The summed E-state index contributed by atoms with van der Waals surface area (Å²) in [6.07, 6.45) is -0.576. The molecule has 1 fully saturated rings. The molecule has 0 spiro atoms. The Bertz CT molecular complexity index is 354. The maximum Gasteiger partial charge on any atom is 0.410 e. The van der Waals surface area contributed by atoms with Crippen molar-refractivity contribution in [3.05, 3.63) is 0 Å². The second kappa shape index (κ2) is 6.90. The molecule has 2 atom stereocenters. The smallest absolute Gasteiger partial charge is 0.410 e. The zero-order valence-corrected chi connectivity index (χ0v) is 12.6. The third-order valence-corrected chi connectivity index (χ3v) is 3.24. The van der Waals surface area contributed by atoms with Crippen molar-refractivity contribution in [3.8, 4) is 0 Å². The molecule has 0 bridgehead atoms. The van der Waals surface area contributed by atoms with Gasteiger partial charge < -0.3 is 14.4 Å². The first kappa shape index (κ1) is 16.7. The molecule has 1 aliphatic rings. The first-order valence-corrected chi connectivity index (χ1v) is 6.91. The lowest BCUT2D eigenvalue weighted by molar-refractivity contribution is -0.141. The zero-order valence-electron chi connectivity index (χ0n) is 12.6. The van der Waals surface area contributed by atoms with Gasteiger partial charge in [-0.3, -0.25) is 4.79 Å². The van der Waals surface area contributed by atoms with Gasteiger partial charge in [-0.1, -0.05) is 0 Å². The molecule has 0 N–H and O–H groups in total. The van der Waals surface area contributed by atoms with Crippen LogP contribution in [0.3, 0.4) is 0 Å².